The van der Waals surface area contributed by atoms with Gasteiger partial charge in [0, 0.05) is 23.1 Å². The molecule has 128 valence electrons. The SMILES string of the molecule is NN=C(Cc1ccc2ccccc2n1)c1cccc(C(F)(F)F)c1F. The zero-order valence-corrected chi connectivity index (χ0v) is 12.9. The van der Waals surface area contributed by atoms with E-state index in [0.29, 0.717) is 11.8 Å². The standard InChI is InChI=1S/C18H13F4N3/c19-17-13(5-3-6-14(17)18(20,21)22)16(25-23)10-12-9-8-11-4-1-2-7-15(11)24-12/h1-9H,10,23H2. The van der Waals surface area contributed by atoms with Gasteiger partial charge < -0.3 is 5.84 Å². The topological polar surface area (TPSA) is 51.3 Å². The third-order valence-electron chi connectivity index (χ3n) is 3.78. The van der Waals surface area contributed by atoms with Gasteiger partial charge in [-0.2, -0.15) is 18.3 Å². The molecular weight excluding hydrogens is 334 g/mol. The van der Waals surface area contributed by atoms with Gasteiger partial charge >= 0.3 is 6.18 Å². The van der Waals surface area contributed by atoms with E-state index >= 15 is 0 Å². The molecule has 0 aliphatic rings. The molecule has 0 amide bonds. The lowest BCUT2D eigenvalue weighted by atomic mass is 10.0. The Balaban J connectivity index is 1.98. The minimum atomic E-state index is -4.79. The third-order valence-corrected chi connectivity index (χ3v) is 3.78. The summed E-state index contributed by atoms with van der Waals surface area (Å²) in [4.78, 5) is 4.41. The molecule has 1 aromatic heterocycles. The molecule has 0 saturated heterocycles. The Kier molecular flexibility index (Phi) is 4.39. The maximum absolute atomic E-state index is 14.3. The number of alkyl halides is 3. The average Bonchev–Trinajstić information content (AvgIpc) is 2.59. The van der Waals surface area contributed by atoms with Crippen LogP contribution < -0.4 is 5.84 Å². The number of hydrazone groups is 1. The van der Waals surface area contributed by atoms with Crippen molar-refractivity contribution in [2.75, 3.05) is 0 Å². The fraction of sp³-hybridized carbons (Fsp3) is 0.111. The molecular formula is C18H13F4N3. The molecule has 0 saturated carbocycles. The van der Waals surface area contributed by atoms with Gasteiger partial charge in [0.1, 0.15) is 5.82 Å². The largest absolute Gasteiger partial charge is 0.419 e. The molecule has 0 aliphatic heterocycles. The molecule has 0 fully saturated rings. The van der Waals surface area contributed by atoms with Gasteiger partial charge in [0.2, 0.25) is 0 Å². The highest BCUT2D eigenvalue weighted by molar-refractivity contribution is 6.02. The van der Waals surface area contributed by atoms with Gasteiger partial charge in [0.05, 0.1) is 16.8 Å². The van der Waals surface area contributed by atoms with Crippen LogP contribution >= 0.6 is 0 Å². The maximum atomic E-state index is 14.3. The lowest BCUT2D eigenvalue weighted by Crippen LogP contribution is -2.16. The van der Waals surface area contributed by atoms with E-state index in [1.807, 2.05) is 30.3 Å². The monoisotopic (exact) mass is 347 g/mol. The molecule has 0 atom stereocenters. The number of nitrogens with zero attached hydrogens (tertiary/aromatic N) is 2. The summed E-state index contributed by atoms with van der Waals surface area (Å²) in [5, 5.41) is 4.41. The molecule has 1 heterocycles. The Morgan fingerprint density at radius 2 is 1.76 bits per heavy atom. The second kappa shape index (κ2) is 6.51. The van der Waals surface area contributed by atoms with Gasteiger partial charge in [-0.05, 0) is 18.2 Å². The smallest absolute Gasteiger partial charge is 0.323 e. The number of nitrogens with two attached hydrogens (primary N) is 1. The van der Waals surface area contributed by atoms with Gasteiger partial charge in [-0.3, -0.25) is 4.98 Å². The van der Waals surface area contributed by atoms with E-state index < -0.39 is 17.6 Å². The van der Waals surface area contributed by atoms with Crippen LogP contribution in [0.25, 0.3) is 10.9 Å². The number of fused-ring (bicyclic) bond motifs is 1. The number of hydrogen-bond donors (Lipinski definition) is 1. The van der Waals surface area contributed by atoms with Crippen molar-refractivity contribution in [1.82, 2.24) is 4.98 Å². The van der Waals surface area contributed by atoms with Crippen LogP contribution in [0.3, 0.4) is 0 Å². The highest BCUT2D eigenvalue weighted by Crippen LogP contribution is 2.32. The fourth-order valence-electron chi connectivity index (χ4n) is 2.56. The van der Waals surface area contributed by atoms with Crippen molar-refractivity contribution < 1.29 is 17.6 Å². The molecule has 2 aromatic carbocycles. The Labute approximate surface area is 140 Å². The Bertz CT molecular complexity index is 948. The normalized spacial score (nSPS) is 12.6. The zero-order chi connectivity index (χ0) is 18.0. The lowest BCUT2D eigenvalue weighted by Gasteiger charge is -2.12. The molecule has 0 bridgehead atoms. The van der Waals surface area contributed by atoms with Crippen LogP contribution in [0, 0.1) is 5.82 Å². The first-order valence-corrected chi connectivity index (χ1v) is 7.37. The molecule has 3 aromatic rings. The van der Waals surface area contributed by atoms with Crippen LogP contribution in [0.5, 0.6) is 0 Å². The molecule has 0 aliphatic carbocycles. The minimum absolute atomic E-state index is 0.00798. The van der Waals surface area contributed by atoms with Crippen LogP contribution in [0.2, 0.25) is 0 Å². The Hall–Kier alpha value is -2.96. The summed E-state index contributed by atoms with van der Waals surface area (Å²) in [6.07, 6.45) is -4.78. The number of aromatic nitrogens is 1. The van der Waals surface area contributed by atoms with Crippen molar-refractivity contribution in [2.45, 2.75) is 12.6 Å². The van der Waals surface area contributed by atoms with Crippen LogP contribution in [0.1, 0.15) is 16.8 Å². The molecule has 3 nitrogen and oxygen atoms in total. The molecule has 0 spiro atoms. The maximum Gasteiger partial charge on any atom is 0.419 e. The zero-order valence-electron chi connectivity index (χ0n) is 12.9. The number of halogens is 4. The van der Waals surface area contributed by atoms with E-state index in [9.17, 15) is 17.6 Å². The minimum Gasteiger partial charge on any atom is -0.323 e. The van der Waals surface area contributed by atoms with E-state index in [-0.39, 0.29) is 17.7 Å². The molecule has 0 unspecified atom stereocenters. The van der Waals surface area contributed by atoms with Gasteiger partial charge in [-0.1, -0.05) is 36.4 Å². The number of rotatable bonds is 3. The highest BCUT2D eigenvalue weighted by atomic mass is 19.4. The predicted molar refractivity (Wildman–Crippen MR) is 87.6 cm³/mol. The fourth-order valence-corrected chi connectivity index (χ4v) is 2.56. The van der Waals surface area contributed by atoms with E-state index in [1.54, 1.807) is 6.07 Å². The van der Waals surface area contributed by atoms with Gasteiger partial charge in [0.25, 0.3) is 0 Å². The molecule has 0 radical (unpaired) electrons. The summed E-state index contributed by atoms with van der Waals surface area (Å²) in [5.41, 5.74) is -0.392. The molecule has 25 heavy (non-hydrogen) atoms. The van der Waals surface area contributed by atoms with Crippen LogP contribution in [-0.2, 0) is 12.6 Å². The van der Waals surface area contributed by atoms with Crippen molar-refractivity contribution in [1.29, 1.82) is 0 Å². The summed E-state index contributed by atoms with van der Waals surface area (Å²) < 4.78 is 52.9. The van der Waals surface area contributed by atoms with Crippen LogP contribution in [-0.4, -0.2) is 10.7 Å². The summed E-state index contributed by atoms with van der Waals surface area (Å²) in [6, 6.07) is 13.9. The van der Waals surface area contributed by atoms with Crippen LogP contribution in [0.4, 0.5) is 17.6 Å². The molecule has 7 heteroatoms. The van der Waals surface area contributed by atoms with Gasteiger partial charge in [-0.25, -0.2) is 4.39 Å². The first-order chi connectivity index (χ1) is 11.9. The van der Waals surface area contributed by atoms with E-state index in [2.05, 4.69) is 10.1 Å². The highest BCUT2D eigenvalue weighted by Gasteiger charge is 2.35. The molecule has 2 N–H and O–H groups in total. The first kappa shape index (κ1) is 16.9. The van der Waals surface area contributed by atoms with E-state index in [4.69, 9.17) is 5.84 Å². The summed E-state index contributed by atoms with van der Waals surface area (Å²) in [7, 11) is 0. The average molecular weight is 347 g/mol. The summed E-state index contributed by atoms with van der Waals surface area (Å²) in [5.74, 6) is 3.92. The predicted octanol–water partition coefficient (Wildman–Crippen LogP) is 4.30. The lowest BCUT2D eigenvalue weighted by molar-refractivity contribution is -0.140. The third kappa shape index (κ3) is 3.45. The van der Waals surface area contributed by atoms with Crippen molar-refractivity contribution in [3.05, 3.63) is 77.2 Å². The van der Waals surface area contributed by atoms with Crippen molar-refractivity contribution in [3.8, 4) is 0 Å². The van der Waals surface area contributed by atoms with Crippen molar-refractivity contribution in [3.63, 3.8) is 0 Å². The van der Waals surface area contributed by atoms with Gasteiger partial charge in [0.15, 0.2) is 0 Å². The van der Waals surface area contributed by atoms with E-state index in [1.165, 1.54) is 6.07 Å². The Morgan fingerprint density at radius 1 is 1.00 bits per heavy atom. The number of para-hydroxylation sites is 1. The van der Waals surface area contributed by atoms with E-state index in [0.717, 1.165) is 17.0 Å². The number of benzene rings is 2. The Morgan fingerprint density at radius 3 is 2.48 bits per heavy atom. The van der Waals surface area contributed by atoms with Crippen molar-refractivity contribution >= 4 is 16.6 Å². The summed E-state index contributed by atoms with van der Waals surface area (Å²) >= 11 is 0. The summed E-state index contributed by atoms with van der Waals surface area (Å²) in [6.45, 7) is 0. The molecule has 3 rings (SSSR count). The second-order valence-corrected chi connectivity index (χ2v) is 5.41. The first-order valence-electron chi connectivity index (χ1n) is 7.37. The van der Waals surface area contributed by atoms with Crippen molar-refractivity contribution in [2.24, 2.45) is 10.9 Å². The quantitative estimate of drug-likeness (QED) is 0.332. The van der Waals surface area contributed by atoms with Crippen LogP contribution in [0.15, 0.2) is 59.7 Å². The number of hydrogen-bond acceptors (Lipinski definition) is 3. The van der Waals surface area contributed by atoms with Gasteiger partial charge in [-0.15, -0.1) is 0 Å². The second-order valence-electron chi connectivity index (χ2n) is 5.41. The number of pyridine rings is 1.